The van der Waals surface area contributed by atoms with Gasteiger partial charge in [-0.25, -0.2) is 17.5 Å². The molecule has 3 aromatic rings. The van der Waals surface area contributed by atoms with Gasteiger partial charge in [0.25, 0.3) is 15.9 Å². The number of amides is 1. The monoisotopic (exact) mass is 360 g/mol. The van der Waals surface area contributed by atoms with Crippen molar-refractivity contribution >= 4 is 26.8 Å². The van der Waals surface area contributed by atoms with Crippen LogP contribution in [0, 0.1) is 12.7 Å². The highest BCUT2D eigenvalue weighted by atomic mass is 32.2. The maximum Gasteiger partial charge on any atom is 0.267 e. The van der Waals surface area contributed by atoms with E-state index < -0.39 is 21.7 Å². The summed E-state index contributed by atoms with van der Waals surface area (Å²) in [6, 6.07) is 9.43. The average Bonchev–Trinajstić information content (AvgIpc) is 2.91. The normalized spacial score (nSPS) is 11.6. The lowest BCUT2D eigenvalue weighted by Crippen LogP contribution is -2.30. The number of hydrogen-bond acceptors (Lipinski definition) is 3. The predicted octanol–water partition coefficient (Wildman–Crippen LogP) is 3.30. The number of hydrogen-bond donors (Lipinski definition) is 2. The molecule has 0 spiro atoms. The van der Waals surface area contributed by atoms with Gasteiger partial charge in [-0.05, 0) is 49.2 Å². The number of para-hydroxylation sites is 1. The van der Waals surface area contributed by atoms with Gasteiger partial charge in [0.05, 0.1) is 16.0 Å². The van der Waals surface area contributed by atoms with Crippen LogP contribution in [0.15, 0.2) is 47.4 Å². The van der Waals surface area contributed by atoms with Crippen molar-refractivity contribution in [2.75, 3.05) is 0 Å². The third-order valence-corrected chi connectivity index (χ3v) is 5.49. The third kappa shape index (κ3) is 3.15. The van der Waals surface area contributed by atoms with E-state index in [0.29, 0.717) is 5.52 Å². The molecule has 0 atom stereocenters. The number of benzene rings is 2. The average molecular weight is 360 g/mol. The summed E-state index contributed by atoms with van der Waals surface area (Å²) < 4.78 is 39.7. The number of sulfonamides is 1. The zero-order chi connectivity index (χ0) is 18.2. The Hall–Kier alpha value is -2.67. The number of nitrogens with one attached hydrogen (secondary N) is 2. The molecule has 3 rings (SSSR count). The van der Waals surface area contributed by atoms with Crippen molar-refractivity contribution in [3.05, 3.63) is 65.1 Å². The van der Waals surface area contributed by atoms with Crippen LogP contribution in [-0.4, -0.2) is 19.3 Å². The third-order valence-electron chi connectivity index (χ3n) is 4.15. The van der Waals surface area contributed by atoms with Crippen LogP contribution in [-0.2, 0) is 16.4 Å². The Kier molecular flexibility index (Phi) is 4.34. The molecule has 5 nitrogen and oxygen atoms in total. The Morgan fingerprint density at radius 2 is 1.84 bits per heavy atom. The molecule has 0 radical (unpaired) electrons. The molecular formula is C18H17FN2O3S. The van der Waals surface area contributed by atoms with Crippen LogP contribution in [0.4, 0.5) is 4.39 Å². The molecule has 1 heterocycles. The van der Waals surface area contributed by atoms with Crippen LogP contribution in [0.25, 0.3) is 10.9 Å². The summed E-state index contributed by atoms with van der Waals surface area (Å²) in [5, 5.41) is 0.878. The van der Waals surface area contributed by atoms with E-state index in [0.717, 1.165) is 47.3 Å². The molecule has 0 saturated carbocycles. The molecule has 25 heavy (non-hydrogen) atoms. The van der Waals surface area contributed by atoms with E-state index >= 15 is 0 Å². The Labute approximate surface area is 144 Å². The molecule has 1 aromatic heterocycles. The fraction of sp³-hybridized carbons (Fsp3) is 0.167. The van der Waals surface area contributed by atoms with Crippen molar-refractivity contribution in [2.45, 2.75) is 25.2 Å². The number of fused-ring (bicyclic) bond motifs is 1. The molecule has 130 valence electrons. The number of rotatable bonds is 4. The van der Waals surface area contributed by atoms with Gasteiger partial charge < -0.3 is 4.98 Å². The van der Waals surface area contributed by atoms with Crippen molar-refractivity contribution < 1.29 is 17.6 Å². The second kappa shape index (κ2) is 6.33. The van der Waals surface area contributed by atoms with Gasteiger partial charge in [0.2, 0.25) is 0 Å². The summed E-state index contributed by atoms with van der Waals surface area (Å²) in [6.07, 6.45) is 0.773. The molecule has 1 amide bonds. The van der Waals surface area contributed by atoms with Gasteiger partial charge >= 0.3 is 0 Å². The van der Waals surface area contributed by atoms with Crippen molar-refractivity contribution in [3.8, 4) is 0 Å². The van der Waals surface area contributed by atoms with E-state index in [4.69, 9.17) is 0 Å². The fourth-order valence-electron chi connectivity index (χ4n) is 2.80. The van der Waals surface area contributed by atoms with Gasteiger partial charge in [-0.1, -0.05) is 19.1 Å². The molecule has 0 saturated heterocycles. The summed E-state index contributed by atoms with van der Waals surface area (Å²) in [7, 11) is -4.08. The van der Waals surface area contributed by atoms with E-state index in [1.807, 2.05) is 24.6 Å². The van der Waals surface area contributed by atoms with Gasteiger partial charge in [-0.3, -0.25) is 4.79 Å². The lowest BCUT2D eigenvalue weighted by molar-refractivity contribution is 0.0983. The maximum atomic E-state index is 13.0. The minimum atomic E-state index is -4.08. The highest BCUT2D eigenvalue weighted by Crippen LogP contribution is 2.25. The minimum Gasteiger partial charge on any atom is -0.358 e. The summed E-state index contributed by atoms with van der Waals surface area (Å²) in [5.41, 5.74) is 2.87. The molecule has 0 aliphatic heterocycles. The lowest BCUT2D eigenvalue weighted by atomic mass is 10.1. The van der Waals surface area contributed by atoms with E-state index in [1.54, 1.807) is 12.1 Å². The Bertz CT molecular complexity index is 1050. The quantitative estimate of drug-likeness (QED) is 0.749. The molecule has 7 heteroatoms. The lowest BCUT2D eigenvalue weighted by Gasteiger charge is -2.08. The first-order valence-corrected chi connectivity index (χ1v) is 9.24. The van der Waals surface area contributed by atoms with Crippen LogP contribution < -0.4 is 4.72 Å². The predicted molar refractivity (Wildman–Crippen MR) is 93.5 cm³/mol. The molecule has 0 unspecified atom stereocenters. The highest BCUT2D eigenvalue weighted by Gasteiger charge is 2.21. The molecule has 0 fully saturated rings. The SMILES string of the molecule is CCc1[nH]c2c(C(=O)NS(=O)(=O)c3ccc(F)cc3)cccc2c1C. The van der Waals surface area contributed by atoms with Gasteiger partial charge in [-0.2, -0.15) is 0 Å². The standard InChI is InChI=1S/C18H17FN2O3S/c1-3-16-11(2)14-5-4-6-15(17(14)20-16)18(22)21-25(23,24)13-9-7-12(19)8-10-13/h4-10,20H,3H2,1-2H3,(H,21,22). The molecule has 0 aliphatic rings. The second-order valence-corrected chi connectivity index (χ2v) is 7.38. The van der Waals surface area contributed by atoms with E-state index in [2.05, 4.69) is 4.98 Å². The number of H-pyrrole nitrogens is 1. The van der Waals surface area contributed by atoms with E-state index in [9.17, 15) is 17.6 Å². The highest BCUT2D eigenvalue weighted by molar-refractivity contribution is 7.90. The second-order valence-electron chi connectivity index (χ2n) is 5.70. The first-order chi connectivity index (χ1) is 11.8. The summed E-state index contributed by atoms with van der Waals surface area (Å²) in [4.78, 5) is 15.6. The summed E-state index contributed by atoms with van der Waals surface area (Å²) in [6.45, 7) is 3.95. The smallest absolute Gasteiger partial charge is 0.267 e. The number of aryl methyl sites for hydroxylation is 2. The van der Waals surface area contributed by atoms with E-state index in [1.165, 1.54) is 0 Å². The zero-order valence-corrected chi connectivity index (χ0v) is 14.6. The van der Waals surface area contributed by atoms with Gasteiger partial charge in [0, 0.05) is 11.1 Å². The first kappa shape index (κ1) is 17.2. The number of carbonyl (C=O) groups excluding carboxylic acids is 1. The fourth-order valence-corrected chi connectivity index (χ4v) is 3.77. The van der Waals surface area contributed by atoms with E-state index in [-0.39, 0.29) is 10.5 Å². The van der Waals surface area contributed by atoms with Gasteiger partial charge in [-0.15, -0.1) is 0 Å². The largest absolute Gasteiger partial charge is 0.358 e. The molecular weight excluding hydrogens is 343 g/mol. The van der Waals surface area contributed by atoms with Crippen molar-refractivity contribution in [3.63, 3.8) is 0 Å². The molecule has 0 aliphatic carbocycles. The van der Waals surface area contributed by atoms with Crippen LogP contribution >= 0.6 is 0 Å². The minimum absolute atomic E-state index is 0.175. The topological polar surface area (TPSA) is 79.0 Å². The van der Waals surface area contributed by atoms with Gasteiger partial charge in [0.1, 0.15) is 5.82 Å². The first-order valence-electron chi connectivity index (χ1n) is 7.76. The Morgan fingerprint density at radius 3 is 2.48 bits per heavy atom. The van der Waals surface area contributed by atoms with Gasteiger partial charge in [0.15, 0.2) is 0 Å². The zero-order valence-electron chi connectivity index (χ0n) is 13.8. The van der Waals surface area contributed by atoms with Crippen LogP contribution in [0.1, 0.15) is 28.5 Å². The van der Waals surface area contributed by atoms with Crippen LogP contribution in [0.2, 0.25) is 0 Å². The number of aromatic amines is 1. The number of halogens is 1. The Balaban J connectivity index is 1.99. The van der Waals surface area contributed by atoms with Crippen molar-refractivity contribution in [2.24, 2.45) is 0 Å². The van der Waals surface area contributed by atoms with Crippen molar-refractivity contribution in [1.29, 1.82) is 0 Å². The van der Waals surface area contributed by atoms with Crippen LogP contribution in [0.3, 0.4) is 0 Å². The Morgan fingerprint density at radius 1 is 1.16 bits per heavy atom. The summed E-state index contributed by atoms with van der Waals surface area (Å²) in [5.74, 6) is -1.29. The van der Waals surface area contributed by atoms with Crippen LogP contribution in [0.5, 0.6) is 0 Å². The number of carbonyl (C=O) groups is 1. The number of aromatic nitrogens is 1. The summed E-state index contributed by atoms with van der Waals surface area (Å²) >= 11 is 0. The molecule has 0 bridgehead atoms. The van der Waals surface area contributed by atoms with Crippen molar-refractivity contribution in [1.82, 2.24) is 9.71 Å². The maximum absolute atomic E-state index is 13.0. The molecule has 2 aromatic carbocycles. The molecule has 2 N–H and O–H groups in total.